The van der Waals surface area contributed by atoms with Crippen molar-refractivity contribution < 1.29 is 13.5 Å². The maximum absolute atomic E-state index is 13.8. The zero-order valence-electron chi connectivity index (χ0n) is 11.9. The summed E-state index contributed by atoms with van der Waals surface area (Å²) in [6.07, 6.45) is 0.0251. The van der Waals surface area contributed by atoms with Gasteiger partial charge in [0, 0.05) is 36.8 Å². The summed E-state index contributed by atoms with van der Waals surface area (Å²) < 4.78 is 32.7. The van der Waals surface area contributed by atoms with Gasteiger partial charge in [0.1, 0.15) is 23.5 Å². The minimum absolute atomic E-state index is 0.0251. The Bertz CT molecular complexity index is 644. The highest BCUT2D eigenvalue weighted by Crippen LogP contribution is 2.26. The van der Waals surface area contributed by atoms with Crippen LogP contribution in [-0.4, -0.2) is 17.5 Å². The van der Waals surface area contributed by atoms with E-state index in [1.165, 1.54) is 12.1 Å². The lowest BCUT2D eigenvalue weighted by Gasteiger charge is -2.22. The minimum Gasteiger partial charge on any atom is -0.489 e. The molecule has 21 heavy (non-hydrogen) atoms. The maximum atomic E-state index is 13.8. The molecule has 110 valence electrons. The van der Waals surface area contributed by atoms with Gasteiger partial charge in [0.05, 0.1) is 0 Å². The second kappa shape index (κ2) is 5.82. The smallest absolute Gasteiger partial charge is 0.130 e. The predicted octanol–water partition coefficient (Wildman–Crippen LogP) is 3.75. The van der Waals surface area contributed by atoms with Crippen LogP contribution in [0.4, 0.5) is 8.78 Å². The van der Waals surface area contributed by atoms with Crippen LogP contribution in [0.1, 0.15) is 18.1 Å². The molecular weight excluding hydrogens is 272 g/mol. The molecule has 0 aliphatic carbocycles. The quantitative estimate of drug-likeness (QED) is 0.835. The zero-order valence-corrected chi connectivity index (χ0v) is 11.9. The SMILES string of the molecule is C[C@H]1CN(Cc2ccc(F)cc2F)Cc2ccccc2O1. The fraction of sp³-hybridized carbons (Fsp3) is 0.294. The molecule has 0 N–H and O–H groups in total. The highest BCUT2D eigenvalue weighted by Gasteiger charge is 2.20. The lowest BCUT2D eigenvalue weighted by Crippen LogP contribution is -2.30. The topological polar surface area (TPSA) is 12.5 Å². The zero-order chi connectivity index (χ0) is 14.8. The number of benzene rings is 2. The first-order valence-electron chi connectivity index (χ1n) is 7.02. The number of hydrogen-bond donors (Lipinski definition) is 0. The third-order valence-corrected chi connectivity index (χ3v) is 3.62. The van der Waals surface area contributed by atoms with Crippen LogP contribution in [0.5, 0.6) is 5.75 Å². The second-order valence-electron chi connectivity index (χ2n) is 5.44. The third-order valence-electron chi connectivity index (χ3n) is 3.62. The fourth-order valence-corrected chi connectivity index (χ4v) is 2.68. The summed E-state index contributed by atoms with van der Waals surface area (Å²) in [6, 6.07) is 11.6. The minimum atomic E-state index is -0.547. The van der Waals surface area contributed by atoms with Gasteiger partial charge < -0.3 is 4.74 Å². The van der Waals surface area contributed by atoms with Crippen molar-refractivity contribution in [2.75, 3.05) is 6.54 Å². The van der Waals surface area contributed by atoms with Crippen LogP contribution in [0.15, 0.2) is 42.5 Å². The van der Waals surface area contributed by atoms with Gasteiger partial charge in [-0.25, -0.2) is 8.78 Å². The van der Waals surface area contributed by atoms with Crippen molar-refractivity contribution in [3.05, 3.63) is 65.2 Å². The molecule has 0 aromatic heterocycles. The molecule has 1 aliphatic rings. The Morgan fingerprint density at radius 3 is 2.81 bits per heavy atom. The average molecular weight is 289 g/mol. The van der Waals surface area contributed by atoms with Crippen LogP contribution >= 0.6 is 0 Å². The Morgan fingerprint density at radius 2 is 2.00 bits per heavy atom. The first kappa shape index (κ1) is 14.0. The lowest BCUT2D eigenvalue weighted by atomic mass is 10.1. The Kier molecular flexibility index (Phi) is 3.88. The summed E-state index contributed by atoms with van der Waals surface area (Å²) in [5.41, 5.74) is 1.59. The van der Waals surface area contributed by atoms with Crippen molar-refractivity contribution in [2.24, 2.45) is 0 Å². The number of hydrogen-bond acceptors (Lipinski definition) is 2. The molecule has 2 nitrogen and oxygen atoms in total. The van der Waals surface area contributed by atoms with Gasteiger partial charge in [-0.15, -0.1) is 0 Å². The molecule has 1 heterocycles. The molecule has 2 aromatic carbocycles. The van der Waals surface area contributed by atoms with Gasteiger partial charge in [-0.05, 0) is 19.1 Å². The highest BCUT2D eigenvalue weighted by atomic mass is 19.1. The van der Waals surface area contributed by atoms with E-state index in [9.17, 15) is 8.78 Å². The summed E-state index contributed by atoms with van der Waals surface area (Å²) >= 11 is 0. The maximum Gasteiger partial charge on any atom is 0.130 e. The largest absolute Gasteiger partial charge is 0.489 e. The fourth-order valence-electron chi connectivity index (χ4n) is 2.68. The van der Waals surface area contributed by atoms with E-state index in [0.717, 1.165) is 17.4 Å². The summed E-state index contributed by atoms with van der Waals surface area (Å²) in [4.78, 5) is 2.12. The molecule has 0 fully saturated rings. The molecule has 0 saturated carbocycles. The highest BCUT2D eigenvalue weighted by molar-refractivity contribution is 5.34. The van der Waals surface area contributed by atoms with Crippen molar-refractivity contribution in [2.45, 2.75) is 26.1 Å². The number of ether oxygens (including phenoxy) is 1. The normalized spacial score (nSPS) is 18.7. The summed E-state index contributed by atoms with van der Waals surface area (Å²) in [6.45, 7) is 3.83. The van der Waals surface area contributed by atoms with E-state index < -0.39 is 11.6 Å². The van der Waals surface area contributed by atoms with Crippen LogP contribution < -0.4 is 4.74 Å². The van der Waals surface area contributed by atoms with E-state index in [-0.39, 0.29) is 6.10 Å². The van der Waals surface area contributed by atoms with Crippen LogP contribution in [0.2, 0.25) is 0 Å². The Hall–Kier alpha value is -1.94. The van der Waals surface area contributed by atoms with E-state index in [0.29, 0.717) is 25.2 Å². The monoisotopic (exact) mass is 289 g/mol. The first-order valence-corrected chi connectivity index (χ1v) is 7.02. The lowest BCUT2D eigenvalue weighted by molar-refractivity contribution is 0.155. The Morgan fingerprint density at radius 1 is 1.19 bits per heavy atom. The summed E-state index contributed by atoms with van der Waals surface area (Å²) in [5, 5.41) is 0. The number of fused-ring (bicyclic) bond motifs is 1. The van der Waals surface area contributed by atoms with Crippen molar-refractivity contribution in [3.8, 4) is 5.75 Å². The second-order valence-corrected chi connectivity index (χ2v) is 5.44. The Labute approximate surface area is 123 Å². The van der Waals surface area contributed by atoms with E-state index in [2.05, 4.69) is 4.90 Å². The molecular formula is C17H17F2NO. The van der Waals surface area contributed by atoms with Crippen molar-refractivity contribution in [1.29, 1.82) is 0 Å². The van der Waals surface area contributed by atoms with E-state index in [1.807, 2.05) is 31.2 Å². The van der Waals surface area contributed by atoms with Gasteiger partial charge in [0.15, 0.2) is 0 Å². The molecule has 3 rings (SSSR count). The molecule has 0 amide bonds. The molecule has 0 saturated heterocycles. The van der Waals surface area contributed by atoms with E-state index in [1.54, 1.807) is 0 Å². The van der Waals surface area contributed by atoms with Crippen molar-refractivity contribution >= 4 is 0 Å². The van der Waals surface area contributed by atoms with Crippen LogP contribution in [0.25, 0.3) is 0 Å². The molecule has 0 spiro atoms. The predicted molar refractivity (Wildman–Crippen MR) is 77.0 cm³/mol. The molecule has 2 aromatic rings. The van der Waals surface area contributed by atoms with Gasteiger partial charge in [0.25, 0.3) is 0 Å². The number of halogens is 2. The number of rotatable bonds is 2. The average Bonchev–Trinajstić information content (AvgIpc) is 2.59. The van der Waals surface area contributed by atoms with Gasteiger partial charge >= 0.3 is 0 Å². The Balaban J connectivity index is 1.82. The van der Waals surface area contributed by atoms with Crippen LogP contribution in [-0.2, 0) is 13.1 Å². The van der Waals surface area contributed by atoms with Gasteiger partial charge in [-0.3, -0.25) is 4.90 Å². The van der Waals surface area contributed by atoms with E-state index >= 15 is 0 Å². The summed E-state index contributed by atoms with van der Waals surface area (Å²) in [7, 11) is 0. The summed E-state index contributed by atoms with van der Waals surface area (Å²) in [5.74, 6) is -0.164. The van der Waals surface area contributed by atoms with Crippen molar-refractivity contribution in [1.82, 2.24) is 4.90 Å². The van der Waals surface area contributed by atoms with E-state index in [4.69, 9.17) is 4.74 Å². The molecule has 1 aliphatic heterocycles. The van der Waals surface area contributed by atoms with Crippen molar-refractivity contribution in [3.63, 3.8) is 0 Å². The molecule has 0 radical (unpaired) electrons. The van der Waals surface area contributed by atoms with Gasteiger partial charge in [0.2, 0.25) is 0 Å². The molecule has 1 atom stereocenters. The number of nitrogens with zero attached hydrogens (tertiary/aromatic N) is 1. The number of para-hydroxylation sites is 1. The van der Waals surface area contributed by atoms with Crippen LogP contribution in [0, 0.1) is 11.6 Å². The van der Waals surface area contributed by atoms with Crippen LogP contribution in [0.3, 0.4) is 0 Å². The molecule has 0 bridgehead atoms. The van der Waals surface area contributed by atoms with Gasteiger partial charge in [-0.1, -0.05) is 24.3 Å². The van der Waals surface area contributed by atoms with Gasteiger partial charge in [-0.2, -0.15) is 0 Å². The standard InChI is InChI=1S/C17H17F2NO/c1-12-9-20(10-13-6-7-15(18)8-16(13)19)11-14-4-2-3-5-17(14)21-12/h2-8,12H,9-11H2,1H3/t12-/m0/s1. The third kappa shape index (κ3) is 3.22. The molecule has 4 heteroatoms. The first-order chi connectivity index (χ1) is 10.1. The molecule has 0 unspecified atom stereocenters.